The van der Waals surface area contributed by atoms with Crippen LogP contribution < -0.4 is 10.6 Å². The monoisotopic (exact) mass is 356 g/mol. The molecule has 1 saturated carbocycles. The van der Waals surface area contributed by atoms with E-state index >= 15 is 0 Å². The SMILES string of the molecule is CCN(c1ncc([N+](=O)[O-])c(C)c1Br)C1CCC(N)CC1. The normalized spacial score (nSPS) is 22.1. The summed E-state index contributed by atoms with van der Waals surface area (Å²) in [6, 6.07) is 0.703. The van der Waals surface area contributed by atoms with Gasteiger partial charge in [-0.2, -0.15) is 0 Å². The number of nitrogens with two attached hydrogens (primary N) is 1. The van der Waals surface area contributed by atoms with Gasteiger partial charge in [-0.15, -0.1) is 0 Å². The molecule has 0 unspecified atom stereocenters. The minimum atomic E-state index is -0.396. The van der Waals surface area contributed by atoms with Gasteiger partial charge in [-0.1, -0.05) is 0 Å². The third kappa shape index (κ3) is 3.35. The lowest BCUT2D eigenvalue weighted by molar-refractivity contribution is -0.385. The molecule has 1 aliphatic rings. The first-order valence-corrected chi connectivity index (χ1v) is 8.06. The molecule has 7 heteroatoms. The van der Waals surface area contributed by atoms with Crippen LogP contribution in [0.2, 0.25) is 0 Å². The Morgan fingerprint density at radius 2 is 2.10 bits per heavy atom. The molecule has 6 nitrogen and oxygen atoms in total. The second-order valence-corrected chi connectivity index (χ2v) is 6.31. The Morgan fingerprint density at radius 1 is 1.48 bits per heavy atom. The molecular weight excluding hydrogens is 336 g/mol. The highest BCUT2D eigenvalue weighted by atomic mass is 79.9. The molecule has 0 aromatic carbocycles. The number of aromatic nitrogens is 1. The summed E-state index contributed by atoms with van der Waals surface area (Å²) >= 11 is 3.49. The first-order valence-electron chi connectivity index (χ1n) is 7.27. The molecule has 0 radical (unpaired) electrons. The van der Waals surface area contributed by atoms with E-state index in [1.54, 1.807) is 6.92 Å². The predicted molar refractivity (Wildman–Crippen MR) is 86.6 cm³/mol. The Balaban J connectivity index is 2.30. The maximum atomic E-state index is 11.0. The molecule has 21 heavy (non-hydrogen) atoms. The molecule has 0 saturated heterocycles. The molecule has 0 atom stereocenters. The van der Waals surface area contributed by atoms with E-state index in [4.69, 9.17) is 5.73 Å². The fraction of sp³-hybridized carbons (Fsp3) is 0.643. The Bertz CT molecular complexity index is 530. The number of pyridine rings is 1. The minimum absolute atomic E-state index is 0.0485. The molecule has 1 aromatic heterocycles. The van der Waals surface area contributed by atoms with Gasteiger partial charge in [0.15, 0.2) is 0 Å². The molecule has 2 N–H and O–H groups in total. The predicted octanol–water partition coefficient (Wildman–Crippen LogP) is 3.16. The van der Waals surface area contributed by atoms with Crippen LogP contribution in [0.4, 0.5) is 11.5 Å². The first kappa shape index (κ1) is 16.2. The maximum absolute atomic E-state index is 11.0. The van der Waals surface area contributed by atoms with Crippen LogP contribution in [0.15, 0.2) is 10.7 Å². The summed E-state index contributed by atoms with van der Waals surface area (Å²) in [5.74, 6) is 0.793. The second-order valence-electron chi connectivity index (χ2n) is 5.52. The molecule has 2 rings (SSSR count). The Morgan fingerprint density at radius 3 is 2.62 bits per heavy atom. The topological polar surface area (TPSA) is 85.3 Å². The van der Waals surface area contributed by atoms with Gasteiger partial charge in [0.2, 0.25) is 0 Å². The number of nitrogens with zero attached hydrogens (tertiary/aromatic N) is 3. The van der Waals surface area contributed by atoms with E-state index in [-0.39, 0.29) is 5.69 Å². The average Bonchev–Trinajstić information content (AvgIpc) is 2.45. The number of rotatable bonds is 4. The number of hydrogen-bond donors (Lipinski definition) is 1. The highest BCUT2D eigenvalue weighted by Crippen LogP contribution is 2.35. The second kappa shape index (κ2) is 6.70. The van der Waals surface area contributed by atoms with E-state index in [2.05, 4.69) is 32.7 Å². The van der Waals surface area contributed by atoms with Crippen molar-refractivity contribution >= 4 is 27.4 Å². The van der Waals surface area contributed by atoms with Crippen LogP contribution in [0, 0.1) is 17.0 Å². The Hall–Kier alpha value is -1.21. The van der Waals surface area contributed by atoms with E-state index in [1.807, 2.05) is 0 Å². The van der Waals surface area contributed by atoms with Crippen molar-refractivity contribution in [2.24, 2.45) is 5.73 Å². The minimum Gasteiger partial charge on any atom is -0.353 e. The van der Waals surface area contributed by atoms with E-state index in [0.717, 1.165) is 38.0 Å². The van der Waals surface area contributed by atoms with E-state index in [9.17, 15) is 10.1 Å². The zero-order valence-corrected chi connectivity index (χ0v) is 14.0. The fourth-order valence-electron chi connectivity index (χ4n) is 2.93. The van der Waals surface area contributed by atoms with Gasteiger partial charge in [-0.25, -0.2) is 4.98 Å². The molecular formula is C14H21BrN4O2. The van der Waals surface area contributed by atoms with E-state index in [0.29, 0.717) is 22.1 Å². The number of anilines is 1. The van der Waals surface area contributed by atoms with Crippen molar-refractivity contribution in [3.05, 3.63) is 26.3 Å². The highest BCUT2D eigenvalue weighted by Gasteiger charge is 2.27. The maximum Gasteiger partial charge on any atom is 0.291 e. The summed E-state index contributed by atoms with van der Waals surface area (Å²) in [4.78, 5) is 17.1. The summed E-state index contributed by atoms with van der Waals surface area (Å²) in [5, 5.41) is 11.0. The van der Waals surface area contributed by atoms with Crippen molar-refractivity contribution in [3.63, 3.8) is 0 Å². The lowest BCUT2D eigenvalue weighted by atomic mass is 9.90. The average molecular weight is 357 g/mol. The van der Waals surface area contributed by atoms with Gasteiger partial charge in [0.05, 0.1) is 9.40 Å². The molecule has 116 valence electrons. The van der Waals surface area contributed by atoms with Crippen molar-refractivity contribution < 1.29 is 4.92 Å². The Kier molecular flexibility index (Phi) is 5.16. The quantitative estimate of drug-likeness (QED) is 0.661. The molecule has 1 fully saturated rings. The third-order valence-corrected chi connectivity index (χ3v) is 5.16. The van der Waals surface area contributed by atoms with Crippen molar-refractivity contribution in [2.75, 3.05) is 11.4 Å². The largest absolute Gasteiger partial charge is 0.353 e. The molecule has 0 amide bonds. The standard InChI is InChI=1S/C14H21BrN4O2/c1-3-18(11-6-4-10(16)5-7-11)14-13(15)9(2)12(8-17-14)19(20)21/h8,10-11H,3-7,16H2,1-2H3. The molecule has 1 aromatic rings. The molecule has 1 aliphatic carbocycles. The van der Waals surface area contributed by atoms with Gasteiger partial charge in [-0.05, 0) is 55.5 Å². The van der Waals surface area contributed by atoms with Crippen LogP contribution >= 0.6 is 15.9 Å². The molecule has 0 aliphatic heterocycles. The third-order valence-electron chi connectivity index (χ3n) is 4.21. The van der Waals surface area contributed by atoms with Crippen LogP contribution in [-0.2, 0) is 0 Å². The van der Waals surface area contributed by atoms with Crippen LogP contribution in [-0.4, -0.2) is 28.5 Å². The van der Waals surface area contributed by atoms with Gasteiger partial charge in [0.25, 0.3) is 5.69 Å². The van der Waals surface area contributed by atoms with Crippen LogP contribution in [0.3, 0.4) is 0 Å². The van der Waals surface area contributed by atoms with E-state index in [1.165, 1.54) is 6.20 Å². The van der Waals surface area contributed by atoms with Gasteiger partial charge in [0, 0.05) is 24.2 Å². The Labute approximate surface area is 133 Å². The molecule has 1 heterocycles. The van der Waals surface area contributed by atoms with Crippen LogP contribution in [0.5, 0.6) is 0 Å². The van der Waals surface area contributed by atoms with Crippen LogP contribution in [0.1, 0.15) is 38.2 Å². The van der Waals surface area contributed by atoms with E-state index < -0.39 is 4.92 Å². The smallest absolute Gasteiger partial charge is 0.291 e. The fourth-order valence-corrected chi connectivity index (χ4v) is 3.47. The van der Waals surface area contributed by atoms with Crippen molar-refractivity contribution in [3.8, 4) is 0 Å². The lowest BCUT2D eigenvalue weighted by Crippen LogP contribution is -2.41. The lowest BCUT2D eigenvalue weighted by Gasteiger charge is -2.36. The van der Waals surface area contributed by atoms with Gasteiger partial charge in [0.1, 0.15) is 12.0 Å². The molecule has 0 bridgehead atoms. The summed E-state index contributed by atoms with van der Waals surface area (Å²) in [6.45, 7) is 4.65. The van der Waals surface area contributed by atoms with Gasteiger partial charge in [-0.3, -0.25) is 10.1 Å². The summed E-state index contributed by atoms with van der Waals surface area (Å²) in [5.41, 5.74) is 6.64. The zero-order valence-electron chi connectivity index (χ0n) is 12.4. The van der Waals surface area contributed by atoms with Crippen molar-refractivity contribution in [1.82, 2.24) is 4.98 Å². The summed E-state index contributed by atoms with van der Waals surface area (Å²) in [6.07, 6.45) is 5.47. The van der Waals surface area contributed by atoms with Gasteiger partial charge >= 0.3 is 0 Å². The first-order chi connectivity index (χ1) is 9.95. The summed E-state index contributed by atoms with van der Waals surface area (Å²) in [7, 11) is 0. The number of halogens is 1. The molecule has 0 spiro atoms. The van der Waals surface area contributed by atoms with Crippen molar-refractivity contribution in [2.45, 2.75) is 51.6 Å². The highest BCUT2D eigenvalue weighted by molar-refractivity contribution is 9.10. The van der Waals surface area contributed by atoms with Gasteiger partial charge < -0.3 is 10.6 Å². The number of nitro groups is 1. The van der Waals surface area contributed by atoms with Crippen LogP contribution in [0.25, 0.3) is 0 Å². The zero-order chi connectivity index (χ0) is 15.6. The summed E-state index contributed by atoms with van der Waals surface area (Å²) < 4.78 is 0.716. The number of hydrogen-bond acceptors (Lipinski definition) is 5. The van der Waals surface area contributed by atoms with Crippen molar-refractivity contribution in [1.29, 1.82) is 0 Å².